The maximum absolute atomic E-state index is 13.8. The highest BCUT2D eigenvalue weighted by Crippen LogP contribution is 2.43. The number of fused-ring (bicyclic) bond motifs is 1. The van der Waals surface area contributed by atoms with Gasteiger partial charge in [0.05, 0.1) is 19.1 Å². The van der Waals surface area contributed by atoms with Crippen molar-refractivity contribution in [2.45, 2.75) is 26.0 Å². The molecule has 0 unspecified atom stereocenters. The molecule has 0 spiro atoms. The second-order valence-electron chi connectivity index (χ2n) is 7.80. The first-order valence-corrected chi connectivity index (χ1v) is 10.0. The number of carbonyl (C=O) groups is 2. The van der Waals surface area contributed by atoms with Gasteiger partial charge in [0.25, 0.3) is 5.97 Å². The predicted octanol–water partition coefficient (Wildman–Crippen LogP) is 2.37. The summed E-state index contributed by atoms with van der Waals surface area (Å²) in [6.07, 6.45) is 0.324. The molecular weight excluding hydrogens is 387 g/mol. The van der Waals surface area contributed by atoms with Gasteiger partial charge in [-0.3, -0.25) is 9.59 Å². The average molecular weight is 414 g/mol. The van der Waals surface area contributed by atoms with Crippen LogP contribution in [0.2, 0.25) is 0 Å². The molecule has 0 saturated carbocycles. The summed E-state index contributed by atoms with van der Waals surface area (Å²) in [4.78, 5) is 24.0. The number of rotatable bonds is 4. The van der Waals surface area contributed by atoms with E-state index in [0.29, 0.717) is 24.8 Å². The van der Waals surface area contributed by atoms with Crippen molar-refractivity contribution in [2.75, 3.05) is 19.6 Å². The van der Waals surface area contributed by atoms with Crippen LogP contribution in [0.3, 0.4) is 0 Å². The largest absolute Gasteiger partial charge is 0.481 e. The van der Waals surface area contributed by atoms with E-state index < -0.39 is 5.97 Å². The third-order valence-electron chi connectivity index (χ3n) is 5.64. The van der Waals surface area contributed by atoms with Gasteiger partial charge in [0.2, 0.25) is 5.91 Å². The first kappa shape index (κ1) is 21.9. The fourth-order valence-electron chi connectivity index (χ4n) is 4.33. The van der Waals surface area contributed by atoms with Crippen molar-refractivity contribution in [3.63, 3.8) is 0 Å². The normalized spacial score (nSPS) is 22.2. The zero-order chi connectivity index (χ0) is 21.7. The van der Waals surface area contributed by atoms with Gasteiger partial charge in [-0.1, -0.05) is 36.4 Å². The Bertz CT molecular complexity index is 883. The van der Waals surface area contributed by atoms with Crippen LogP contribution in [0, 0.1) is 17.7 Å². The molecule has 2 aromatic carbocycles. The number of halogens is 1. The Morgan fingerprint density at radius 2 is 1.80 bits per heavy atom. The molecule has 3 atom stereocenters. The molecule has 0 radical (unpaired) electrons. The number of carboxylic acids is 1. The number of amides is 1. The first-order chi connectivity index (χ1) is 14.4. The summed E-state index contributed by atoms with van der Waals surface area (Å²) in [6, 6.07) is 14.0. The molecule has 160 valence electrons. The number of nitrogens with zero attached hydrogens (tertiary/aromatic N) is 1. The maximum atomic E-state index is 13.8. The number of carbonyl (C=O) groups excluding carboxylic acids is 1. The van der Waals surface area contributed by atoms with Gasteiger partial charge < -0.3 is 20.4 Å². The molecule has 2 saturated heterocycles. The first-order valence-electron chi connectivity index (χ1n) is 10.0. The van der Waals surface area contributed by atoms with E-state index in [1.807, 2.05) is 35.2 Å². The number of aliphatic carboxylic acids is 1. The number of aliphatic hydroxyl groups excluding tert-OH is 1. The van der Waals surface area contributed by atoms with Gasteiger partial charge in [0.1, 0.15) is 5.82 Å². The topological polar surface area (TPSA) is 89.9 Å². The van der Waals surface area contributed by atoms with Crippen molar-refractivity contribution in [1.82, 2.24) is 10.2 Å². The zero-order valence-electron chi connectivity index (χ0n) is 16.9. The highest BCUT2D eigenvalue weighted by atomic mass is 19.1. The lowest BCUT2D eigenvalue weighted by atomic mass is 9.89. The molecule has 2 aliphatic heterocycles. The Kier molecular flexibility index (Phi) is 7.18. The Labute approximate surface area is 175 Å². The van der Waals surface area contributed by atoms with Crippen molar-refractivity contribution >= 4 is 11.9 Å². The average Bonchev–Trinajstić information content (AvgIpc) is 3.29. The highest BCUT2D eigenvalue weighted by Gasteiger charge is 2.46. The number of hydrogen-bond donors (Lipinski definition) is 3. The molecule has 6 nitrogen and oxygen atoms in total. The number of benzene rings is 2. The van der Waals surface area contributed by atoms with E-state index in [1.165, 1.54) is 6.07 Å². The van der Waals surface area contributed by atoms with E-state index in [2.05, 4.69) is 5.32 Å². The molecule has 2 aliphatic rings. The van der Waals surface area contributed by atoms with Gasteiger partial charge in [-0.2, -0.15) is 0 Å². The molecule has 0 bridgehead atoms. The predicted molar refractivity (Wildman–Crippen MR) is 110 cm³/mol. The van der Waals surface area contributed by atoms with Crippen LogP contribution in [-0.4, -0.2) is 46.6 Å². The van der Waals surface area contributed by atoms with Gasteiger partial charge in [0.15, 0.2) is 0 Å². The Morgan fingerprint density at radius 1 is 1.13 bits per heavy atom. The molecule has 1 amide bonds. The van der Waals surface area contributed by atoms with Crippen molar-refractivity contribution in [3.8, 4) is 0 Å². The molecule has 2 heterocycles. The summed E-state index contributed by atoms with van der Waals surface area (Å²) < 4.78 is 13.8. The Hall–Kier alpha value is -2.77. The van der Waals surface area contributed by atoms with Gasteiger partial charge in [-0.15, -0.1) is 0 Å². The van der Waals surface area contributed by atoms with E-state index in [1.54, 1.807) is 12.1 Å². The minimum atomic E-state index is -0.833. The lowest BCUT2D eigenvalue weighted by molar-refractivity contribution is -0.134. The summed E-state index contributed by atoms with van der Waals surface area (Å²) in [7, 11) is 0. The zero-order valence-corrected chi connectivity index (χ0v) is 16.9. The molecule has 0 aromatic heterocycles. The van der Waals surface area contributed by atoms with E-state index in [-0.39, 0.29) is 24.4 Å². The second-order valence-corrected chi connectivity index (χ2v) is 7.80. The Morgan fingerprint density at radius 3 is 2.43 bits per heavy atom. The third-order valence-corrected chi connectivity index (χ3v) is 5.64. The standard InChI is InChI=1S/C21H23FN2O2.C2H4O2/c22-18-3-1-2-16(9-18)21-19-11-23-10-17(19)12-24(21)20(26)8-14-4-6-15(13-25)7-5-14;1-2(3)4/h1-7,9,17,19,21,23,25H,8,10-13H2;1H3,(H,3,4)/t17-,19-,21-;/m0./s1. The lowest BCUT2D eigenvalue weighted by Gasteiger charge is -2.28. The van der Waals surface area contributed by atoms with E-state index in [4.69, 9.17) is 15.0 Å². The monoisotopic (exact) mass is 414 g/mol. The number of hydrogen-bond acceptors (Lipinski definition) is 4. The second kappa shape index (κ2) is 9.82. The van der Waals surface area contributed by atoms with Crippen LogP contribution in [0.1, 0.15) is 29.7 Å². The van der Waals surface area contributed by atoms with E-state index in [0.717, 1.165) is 36.7 Å². The van der Waals surface area contributed by atoms with Crippen LogP contribution in [0.15, 0.2) is 48.5 Å². The molecule has 0 aliphatic carbocycles. The van der Waals surface area contributed by atoms with Gasteiger partial charge in [-0.05, 0) is 34.7 Å². The van der Waals surface area contributed by atoms with Crippen LogP contribution in [-0.2, 0) is 22.6 Å². The van der Waals surface area contributed by atoms with Crippen LogP contribution in [0.4, 0.5) is 4.39 Å². The van der Waals surface area contributed by atoms with Crippen LogP contribution in [0.5, 0.6) is 0 Å². The SMILES string of the molecule is CC(=O)O.O=C(Cc1ccc(CO)cc1)N1C[C@@H]2CNC[C@@H]2[C@@H]1c1cccc(F)c1. The van der Waals surface area contributed by atoms with Crippen LogP contribution in [0.25, 0.3) is 0 Å². The van der Waals surface area contributed by atoms with Crippen molar-refractivity contribution in [2.24, 2.45) is 11.8 Å². The van der Waals surface area contributed by atoms with E-state index >= 15 is 0 Å². The van der Waals surface area contributed by atoms with Crippen molar-refractivity contribution in [1.29, 1.82) is 0 Å². The summed E-state index contributed by atoms with van der Waals surface area (Å²) in [5.74, 6) is -0.268. The quantitative estimate of drug-likeness (QED) is 0.715. The number of aliphatic hydroxyl groups is 1. The summed E-state index contributed by atoms with van der Waals surface area (Å²) >= 11 is 0. The molecule has 2 aromatic rings. The Balaban J connectivity index is 0.000000589. The summed E-state index contributed by atoms with van der Waals surface area (Å²) in [6.45, 7) is 3.57. The molecule has 2 fully saturated rings. The molecule has 7 heteroatoms. The van der Waals surface area contributed by atoms with Crippen molar-refractivity contribution < 1.29 is 24.2 Å². The lowest BCUT2D eigenvalue weighted by Crippen LogP contribution is -2.35. The van der Waals surface area contributed by atoms with Crippen molar-refractivity contribution in [3.05, 3.63) is 71.0 Å². The molecular formula is C23H27FN2O4. The highest BCUT2D eigenvalue weighted by molar-refractivity contribution is 5.79. The number of carboxylic acid groups (broad SMARTS) is 1. The van der Waals surface area contributed by atoms with Crippen LogP contribution >= 0.6 is 0 Å². The van der Waals surface area contributed by atoms with Gasteiger partial charge in [-0.25, -0.2) is 4.39 Å². The van der Waals surface area contributed by atoms with Crippen LogP contribution < -0.4 is 5.32 Å². The smallest absolute Gasteiger partial charge is 0.300 e. The minimum absolute atomic E-state index is 0.00163. The minimum Gasteiger partial charge on any atom is -0.481 e. The van der Waals surface area contributed by atoms with Gasteiger partial charge in [0, 0.05) is 32.5 Å². The number of likely N-dealkylation sites (tertiary alicyclic amines) is 1. The molecule has 3 N–H and O–H groups in total. The van der Waals surface area contributed by atoms with Gasteiger partial charge >= 0.3 is 0 Å². The molecule has 4 rings (SSSR count). The fourth-order valence-corrected chi connectivity index (χ4v) is 4.33. The summed E-state index contributed by atoms with van der Waals surface area (Å²) in [5.41, 5.74) is 2.64. The maximum Gasteiger partial charge on any atom is 0.300 e. The summed E-state index contributed by atoms with van der Waals surface area (Å²) in [5, 5.41) is 20.0. The fraction of sp³-hybridized carbons (Fsp3) is 0.391. The van der Waals surface area contributed by atoms with E-state index in [9.17, 15) is 9.18 Å². The molecule has 30 heavy (non-hydrogen) atoms. The third kappa shape index (κ3) is 5.23. The number of nitrogens with one attached hydrogen (secondary N) is 1.